The van der Waals surface area contributed by atoms with Crippen LogP contribution in [0.4, 0.5) is 0 Å². The van der Waals surface area contributed by atoms with E-state index in [2.05, 4.69) is 4.98 Å². The lowest BCUT2D eigenvalue weighted by Gasteiger charge is -2.18. The van der Waals surface area contributed by atoms with Crippen LogP contribution in [0.1, 0.15) is 23.8 Å². The SMILES string of the molecule is Cc1ccc(OP(=O)(O)OC[C@H]2O[C@@H](n3cc(C)c(=O)[nH]c3=O)C[C@@H]2O)cc1. The van der Waals surface area contributed by atoms with Crippen LogP contribution in [-0.4, -0.2) is 38.4 Å². The molecule has 0 saturated carbocycles. The van der Waals surface area contributed by atoms with E-state index in [0.717, 1.165) is 10.1 Å². The van der Waals surface area contributed by atoms with E-state index < -0.39 is 44.1 Å². The summed E-state index contributed by atoms with van der Waals surface area (Å²) in [7, 11) is -4.43. The number of aliphatic hydroxyl groups is 1. The summed E-state index contributed by atoms with van der Waals surface area (Å²) in [5.74, 6) is 0.164. The summed E-state index contributed by atoms with van der Waals surface area (Å²) in [6, 6.07) is 6.49. The summed E-state index contributed by atoms with van der Waals surface area (Å²) in [5.41, 5.74) is 0.0881. The monoisotopic (exact) mass is 412 g/mol. The van der Waals surface area contributed by atoms with Gasteiger partial charge in [0, 0.05) is 18.2 Å². The minimum absolute atomic E-state index is 0.0496. The molecule has 1 unspecified atom stereocenters. The lowest BCUT2D eigenvalue weighted by atomic mass is 10.2. The Balaban J connectivity index is 1.63. The Bertz CT molecular complexity index is 999. The average Bonchev–Trinajstić information content (AvgIpc) is 2.99. The zero-order chi connectivity index (χ0) is 20.5. The Kier molecular flexibility index (Phi) is 5.87. The molecule has 1 aliphatic rings. The van der Waals surface area contributed by atoms with Crippen LogP contribution in [0.15, 0.2) is 40.1 Å². The van der Waals surface area contributed by atoms with Crippen molar-refractivity contribution in [2.45, 2.75) is 38.7 Å². The number of ether oxygens (including phenoxy) is 1. The van der Waals surface area contributed by atoms with E-state index in [4.69, 9.17) is 13.8 Å². The first-order valence-corrected chi connectivity index (χ1v) is 10.0. The number of aromatic nitrogens is 2. The molecule has 0 amide bonds. The van der Waals surface area contributed by atoms with E-state index in [9.17, 15) is 24.2 Å². The van der Waals surface area contributed by atoms with Crippen LogP contribution < -0.4 is 15.8 Å². The fraction of sp³-hybridized carbons (Fsp3) is 0.412. The third-order valence-electron chi connectivity index (χ3n) is 4.30. The Morgan fingerprint density at radius 1 is 1.29 bits per heavy atom. The normalized spacial score (nSPS) is 24.1. The lowest BCUT2D eigenvalue weighted by Crippen LogP contribution is -2.33. The van der Waals surface area contributed by atoms with Crippen molar-refractivity contribution in [1.82, 2.24) is 9.55 Å². The molecule has 3 rings (SSSR count). The zero-order valence-electron chi connectivity index (χ0n) is 15.3. The summed E-state index contributed by atoms with van der Waals surface area (Å²) in [5, 5.41) is 10.1. The third kappa shape index (κ3) is 4.78. The van der Waals surface area contributed by atoms with Crippen molar-refractivity contribution in [2.75, 3.05) is 6.61 Å². The van der Waals surface area contributed by atoms with E-state index in [1.807, 2.05) is 6.92 Å². The molecule has 2 heterocycles. The van der Waals surface area contributed by atoms with Crippen LogP contribution in [0.5, 0.6) is 5.75 Å². The van der Waals surface area contributed by atoms with Crippen LogP contribution in [-0.2, 0) is 13.8 Å². The summed E-state index contributed by atoms with van der Waals surface area (Å²) >= 11 is 0. The van der Waals surface area contributed by atoms with Crippen molar-refractivity contribution in [2.24, 2.45) is 0 Å². The van der Waals surface area contributed by atoms with Crippen LogP contribution in [0.3, 0.4) is 0 Å². The van der Waals surface area contributed by atoms with Gasteiger partial charge in [0.05, 0.1) is 12.7 Å². The highest BCUT2D eigenvalue weighted by Crippen LogP contribution is 2.44. The van der Waals surface area contributed by atoms with Crippen molar-refractivity contribution < 1.29 is 28.3 Å². The van der Waals surface area contributed by atoms with E-state index in [-0.39, 0.29) is 12.2 Å². The molecule has 0 spiro atoms. The van der Waals surface area contributed by atoms with Crippen molar-refractivity contribution in [3.63, 3.8) is 0 Å². The second kappa shape index (κ2) is 8.02. The summed E-state index contributed by atoms with van der Waals surface area (Å²) in [6.45, 7) is 2.98. The molecular weight excluding hydrogens is 391 g/mol. The summed E-state index contributed by atoms with van der Waals surface area (Å²) < 4.78 is 28.7. The molecule has 0 aliphatic carbocycles. The minimum atomic E-state index is -4.43. The number of hydrogen-bond donors (Lipinski definition) is 3. The minimum Gasteiger partial charge on any atom is -0.404 e. The van der Waals surface area contributed by atoms with Gasteiger partial charge < -0.3 is 14.4 Å². The van der Waals surface area contributed by atoms with Gasteiger partial charge in [-0.25, -0.2) is 9.36 Å². The first-order chi connectivity index (χ1) is 13.1. The Labute approximate surface area is 159 Å². The first-order valence-electron chi connectivity index (χ1n) is 8.54. The highest BCUT2D eigenvalue weighted by atomic mass is 31.2. The van der Waals surface area contributed by atoms with Crippen LogP contribution >= 0.6 is 7.82 Å². The van der Waals surface area contributed by atoms with Gasteiger partial charge in [0.15, 0.2) is 0 Å². The molecule has 4 atom stereocenters. The number of aliphatic hydroxyl groups excluding tert-OH is 1. The molecule has 1 aromatic carbocycles. The van der Waals surface area contributed by atoms with E-state index in [0.29, 0.717) is 5.56 Å². The fourth-order valence-corrected chi connectivity index (χ4v) is 3.54. The zero-order valence-corrected chi connectivity index (χ0v) is 16.2. The van der Waals surface area contributed by atoms with Gasteiger partial charge >= 0.3 is 13.5 Å². The molecule has 1 fully saturated rings. The third-order valence-corrected chi connectivity index (χ3v) is 5.22. The number of phosphoric ester groups is 1. The van der Waals surface area contributed by atoms with Crippen molar-refractivity contribution in [3.8, 4) is 5.75 Å². The number of rotatable bonds is 6. The molecule has 152 valence electrons. The standard InChI is InChI=1S/C17H21N2O8P/c1-10-3-5-12(6-4-10)27-28(23,24)25-9-14-13(20)7-15(26-14)19-8-11(2)16(21)18-17(19)22/h3-6,8,13-15,20H,7,9H2,1-2H3,(H,23,24)(H,18,21,22)/t13-,14+,15+/m0/s1. The quantitative estimate of drug-likeness (QED) is 0.597. The van der Waals surface area contributed by atoms with Gasteiger partial charge in [-0.05, 0) is 26.0 Å². The predicted octanol–water partition coefficient (Wildman–Crippen LogP) is 0.998. The summed E-state index contributed by atoms with van der Waals surface area (Å²) in [4.78, 5) is 35.4. The molecule has 2 aromatic rings. The molecule has 11 heteroatoms. The second-order valence-electron chi connectivity index (χ2n) is 6.58. The Morgan fingerprint density at radius 3 is 2.64 bits per heavy atom. The number of hydrogen-bond acceptors (Lipinski definition) is 7. The number of H-pyrrole nitrogens is 1. The average molecular weight is 412 g/mol. The molecule has 0 bridgehead atoms. The Hall–Kier alpha value is -2.23. The van der Waals surface area contributed by atoms with Gasteiger partial charge in [0.1, 0.15) is 18.1 Å². The highest BCUT2D eigenvalue weighted by molar-refractivity contribution is 7.47. The van der Waals surface area contributed by atoms with E-state index >= 15 is 0 Å². The number of aromatic amines is 1. The number of aryl methyl sites for hydroxylation is 2. The predicted molar refractivity (Wildman–Crippen MR) is 98.2 cm³/mol. The molecule has 1 aliphatic heterocycles. The molecular formula is C17H21N2O8P. The van der Waals surface area contributed by atoms with E-state index in [1.165, 1.54) is 25.3 Å². The van der Waals surface area contributed by atoms with Gasteiger partial charge in [-0.15, -0.1) is 0 Å². The van der Waals surface area contributed by atoms with Crippen molar-refractivity contribution in [3.05, 3.63) is 62.4 Å². The first kappa shape index (κ1) is 20.5. The second-order valence-corrected chi connectivity index (χ2v) is 7.96. The van der Waals surface area contributed by atoms with E-state index in [1.54, 1.807) is 12.1 Å². The fourth-order valence-electron chi connectivity index (χ4n) is 2.76. The Morgan fingerprint density at radius 2 is 1.96 bits per heavy atom. The smallest absolute Gasteiger partial charge is 0.404 e. The molecule has 1 aromatic heterocycles. The maximum Gasteiger partial charge on any atom is 0.527 e. The number of benzene rings is 1. The van der Waals surface area contributed by atoms with Gasteiger partial charge in [0.2, 0.25) is 0 Å². The molecule has 28 heavy (non-hydrogen) atoms. The number of phosphoric acid groups is 1. The molecule has 3 N–H and O–H groups in total. The van der Waals surface area contributed by atoms with Crippen LogP contribution in [0, 0.1) is 13.8 Å². The molecule has 10 nitrogen and oxygen atoms in total. The van der Waals surface area contributed by atoms with Crippen LogP contribution in [0.2, 0.25) is 0 Å². The number of nitrogens with zero attached hydrogens (tertiary/aromatic N) is 1. The van der Waals surface area contributed by atoms with Gasteiger partial charge in [-0.1, -0.05) is 17.7 Å². The van der Waals surface area contributed by atoms with Gasteiger partial charge in [-0.2, -0.15) is 0 Å². The number of nitrogens with one attached hydrogen (secondary N) is 1. The van der Waals surface area contributed by atoms with Crippen LogP contribution in [0.25, 0.3) is 0 Å². The molecule has 1 saturated heterocycles. The maximum atomic E-state index is 12.1. The van der Waals surface area contributed by atoms with Crippen molar-refractivity contribution >= 4 is 7.82 Å². The highest BCUT2D eigenvalue weighted by Gasteiger charge is 2.38. The summed E-state index contributed by atoms with van der Waals surface area (Å²) in [6.07, 6.45) is -1.45. The topological polar surface area (TPSA) is 140 Å². The van der Waals surface area contributed by atoms with Gasteiger partial charge in [0.25, 0.3) is 5.56 Å². The van der Waals surface area contributed by atoms with Crippen molar-refractivity contribution in [1.29, 1.82) is 0 Å². The lowest BCUT2D eigenvalue weighted by molar-refractivity contribution is -0.0447. The molecule has 0 radical (unpaired) electrons. The maximum absolute atomic E-state index is 12.1. The largest absolute Gasteiger partial charge is 0.527 e. The van der Waals surface area contributed by atoms with Gasteiger partial charge in [-0.3, -0.25) is 23.8 Å².